The molecule has 4 heteroatoms. The van der Waals surface area contributed by atoms with E-state index in [4.69, 9.17) is 11.6 Å². The standard InChI is InChI=1S/C11H9ClN2S/c1-6-14-11-9(15-6)5-13-8-4-2-3-7(12)10(8)11/h2-4,13H,5H2,1H3. The molecule has 0 amide bonds. The molecule has 0 saturated heterocycles. The Morgan fingerprint density at radius 2 is 2.33 bits per heavy atom. The molecule has 0 unspecified atom stereocenters. The van der Waals surface area contributed by atoms with Crippen molar-refractivity contribution in [2.45, 2.75) is 13.5 Å². The number of rotatable bonds is 0. The Morgan fingerprint density at radius 3 is 3.20 bits per heavy atom. The van der Waals surface area contributed by atoms with Crippen molar-refractivity contribution in [1.82, 2.24) is 4.98 Å². The molecule has 2 heterocycles. The van der Waals surface area contributed by atoms with Crippen molar-refractivity contribution < 1.29 is 0 Å². The summed E-state index contributed by atoms with van der Waals surface area (Å²) in [4.78, 5) is 5.82. The fourth-order valence-electron chi connectivity index (χ4n) is 1.87. The Hall–Kier alpha value is -1.06. The molecular formula is C11H9ClN2S. The maximum absolute atomic E-state index is 6.20. The molecule has 0 aliphatic carbocycles. The molecular weight excluding hydrogens is 228 g/mol. The van der Waals surface area contributed by atoms with Gasteiger partial charge in [0.05, 0.1) is 27.1 Å². The van der Waals surface area contributed by atoms with Crippen molar-refractivity contribution >= 4 is 28.6 Å². The van der Waals surface area contributed by atoms with Crippen LogP contribution in [0.4, 0.5) is 5.69 Å². The summed E-state index contributed by atoms with van der Waals surface area (Å²) in [5.74, 6) is 0. The molecule has 0 spiro atoms. The van der Waals surface area contributed by atoms with Crippen molar-refractivity contribution in [1.29, 1.82) is 0 Å². The summed E-state index contributed by atoms with van der Waals surface area (Å²) in [5, 5.41) is 5.22. The largest absolute Gasteiger partial charge is 0.379 e. The van der Waals surface area contributed by atoms with Crippen LogP contribution in [0, 0.1) is 6.92 Å². The second-order valence-electron chi connectivity index (χ2n) is 3.52. The Labute approximate surface area is 96.9 Å². The molecule has 1 aliphatic rings. The summed E-state index contributed by atoms with van der Waals surface area (Å²) in [7, 11) is 0. The van der Waals surface area contributed by atoms with Gasteiger partial charge in [-0.25, -0.2) is 4.98 Å². The van der Waals surface area contributed by atoms with Crippen LogP contribution in [0.2, 0.25) is 5.02 Å². The van der Waals surface area contributed by atoms with Crippen LogP contribution < -0.4 is 5.32 Å². The molecule has 1 aromatic carbocycles. The van der Waals surface area contributed by atoms with Crippen LogP contribution in [0.15, 0.2) is 18.2 Å². The van der Waals surface area contributed by atoms with Gasteiger partial charge in [0.15, 0.2) is 0 Å². The topological polar surface area (TPSA) is 24.9 Å². The lowest BCUT2D eigenvalue weighted by Crippen LogP contribution is -2.06. The van der Waals surface area contributed by atoms with E-state index in [0.29, 0.717) is 0 Å². The average Bonchev–Trinajstić information content (AvgIpc) is 2.58. The molecule has 15 heavy (non-hydrogen) atoms. The molecule has 3 rings (SSSR count). The fraction of sp³-hybridized carbons (Fsp3) is 0.182. The van der Waals surface area contributed by atoms with Crippen LogP contribution in [0.5, 0.6) is 0 Å². The molecule has 0 fully saturated rings. The molecule has 0 atom stereocenters. The number of nitrogens with zero attached hydrogens (tertiary/aromatic N) is 1. The maximum atomic E-state index is 6.20. The zero-order valence-electron chi connectivity index (χ0n) is 8.17. The SMILES string of the molecule is Cc1nc2c(s1)CNc1cccc(Cl)c1-2. The first kappa shape index (κ1) is 9.19. The molecule has 0 saturated carbocycles. The van der Waals surface area contributed by atoms with Gasteiger partial charge < -0.3 is 5.32 Å². The van der Waals surface area contributed by atoms with Crippen LogP contribution in [0.25, 0.3) is 11.3 Å². The van der Waals surface area contributed by atoms with Crippen LogP contribution in [0.1, 0.15) is 9.88 Å². The third kappa shape index (κ3) is 1.34. The Balaban J connectivity index is 2.32. The molecule has 2 aromatic rings. The van der Waals surface area contributed by atoms with E-state index in [1.165, 1.54) is 4.88 Å². The van der Waals surface area contributed by atoms with Crippen molar-refractivity contribution in [3.63, 3.8) is 0 Å². The Kier molecular flexibility index (Phi) is 1.97. The van der Waals surface area contributed by atoms with E-state index in [-0.39, 0.29) is 0 Å². The minimum absolute atomic E-state index is 0.770. The van der Waals surface area contributed by atoms with Gasteiger partial charge in [-0.3, -0.25) is 0 Å². The highest BCUT2D eigenvalue weighted by Crippen LogP contribution is 2.41. The van der Waals surface area contributed by atoms with E-state index in [0.717, 1.165) is 33.5 Å². The lowest BCUT2D eigenvalue weighted by molar-refractivity contribution is 1.14. The normalized spacial score (nSPS) is 12.9. The second-order valence-corrected chi connectivity index (χ2v) is 5.22. The van der Waals surface area contributed by atoms with Gasteiger partial charge in [0.2, 0.25) is 0 Å². The van der Waals surface area contributed by atoms with E-state index in [2.05, 4.69) is 10.3 Å². The number of aryl methyl sites for hydroxylation is 1. The Bertz CT molecular complexity index is 533. The fourth-order valence-corrected chi connectivity index (χ4v) is 3.02. The number of fused-ring (bicyclic) bond motifs is 3. The van der Waals surface area contributed by atoms with Gasteiger partial charge in [0.1, 0.15) is 0 Å². The van der Waals surface area contributed by atoms with Crippen molar-refractivity contribution in [3.8, 4) is 11.3 Å². The first-order chi connectivity index (χ1) is 7.25. The number of halogens is 1. The van der Waals surface area contributed by atoms with E-state index in [9.17, 15) is 0 Å². The number of hydrogen-bond acceptors (Lipinski definition) is 3. The zero-order valence-corrected chi connectivity index (χ0v) is 9.75. The summed E-state index contributed by atoms with van der Waals surface area (Å²) in [6, 6.07) is 5.91. The third-order valence-electron chi connectivity index (χ3n) is 2.49. The summed E-state index contributed by atoms with van der Waals surface area (Å²) < 4.78 is 0. The van der Waals surface area contributed by atoms with Crippen LogP contribution in [-0.2, 0) is 6.54 Å². The van der Waals surface area contributed by atoms with Gasteiger partial charge in [-0.15, -0.1) is 11.3 Å². The predicted octanol–water partition coefficient (Wildman–Crippen LogP) is 3.70. The lowest BCUT2D eigenvalue weighted by atomic mass is 10.1. The monoisotopic (exact) mass is 236 g/mol. The number of aromatic nitrogens is 1. The minimum atomic E-state index is 0.770. The van der Waals surface area contributed by atoms with E-state index >= 15 is 0 Å². The van der Waals surface area contributed by atoms with Gasteiger partial charge >= 0.3 is 0 Å². The quantitative estimate of drug-likeness (QED) is 0.755. The van der Waals surface area contributed by atoms with E-state index in [1.807, 2.05) is 25.1 Å². The van der Waals surface area contributed by atoms with Crippen molar-refractivity contribution in [3.05, 3.63) is 33.1 Å². The molecule has 1 N–H and O–H groups in total. The van der Waals surface area contributed by atoms with E-state index in [1.54, 1.807) is 11.3 Å². The number of thiazole rings is 1. The average molecular weight is 237 g/mol. The lowest BCUT2D eigenvalue weighted by Gasteiger charge is -2.17. The minimum Gasteiger partial charge on any atom is -0.379 e. The van der Waals surface area contributed by atoms with Gasteiger partial charge in [0.25, 0.3) is 0 Å². The predicted molar refractivity (Wildman–Crippen MR) is 64.6 cm³/mol. The highest BCUT2D eigenvalue weighted by atomic mass is 35.5. The summed E-state index contributed by atoms with van der Waals surface area (Å²) in [6.07, 6.45) is 0. The summed E-state index contributed by atoms with van der Waals surface area (Å²) in [6.45, 7) is 2.88. The smallest absolute Gasteiger partial charge is 0.0905 e. The second kappa shape index (κ2) is 3.22. The molecule has 76 valence electrons. The van der Waals surface area contributed by atoms with Crippen LogP contribution >= 0.6 is 22.9 Å². The maximum Gasteiger partial charge on any atom is 0.0905 e. The molecule has 0 radical (unpaired) electrons. The van der Waals surface area contributed by atoms with Crippen molar-refractivity contribution in [2.24, 2.45) is 0 Å². The first-order valence-corrected chi connectivity index (χ1v) is 5.94. The number of benzene rings is 1. The van der Waals surface area contributed by atoms with E-state index < -0.39 is 0 Å². The third-order valence-corrected chi connectivity index (χ3v) is 3.78. The Morgan fingerprint density at radius 1 is 1.47 bits per heavy atom. The summed E-state index contributed by atoms with van der Waals surface area (Å²) >= 11 is 7.93. The van der Waals surface area contributed by atoms with Gasteiger partial charge in [0, 0.05) is 11.3 Å². The molecule has 0 bridgehead atoms. The van der Waals surface area contributed by atoms with Crippen LogP contribution in [0.3, 0.4) is 0 Å². The number of anilines is 1. The number of nitrogens with one attached hydrogen (secondary N) is 1. The number of hydrogen-bond donors (Lipinski definition) is 1. The first-order valence-electron chi connectivity index (χ1n) is 4.75. The highest BCUT2D eigenvalue weighted by molar-refractivity contribution is 7.12. The molecule has 2 nitrogen and oxygen atoms in total. The zero-order chi connectivity index (χ0) is 10.4. The van der Waals surface area contributed by atoms with Crippen LogP contribution in [-0.4, -0.2) is 4.98 Å². The van der Waals surface area contributed by atoms with Gasteiger partial charge in [-0.1, -0.05) is 17.7 Å². The van der Waals surface area contributed by atoms with Gasteiger partial charge in [-0.05, 0) is 19.1 Å². The van der Waals surface area contributed by atoms with Crippen molar-refractivity contribution in [2.75, 3.05) is 5.32 Å². The van der Waals surface area contributed by atoms with Gasteiger partial charge in [-0.2, -0.15) is 0 Å². The summed E-state index contributed by atoms with van der Waals surface area (Å²) in [5.41, 5.74) is 3.18. The highest BCUT2D eigenvalue weighted by Gasteiger charge is 2.21. The molecule has 1 aromatic heterocycles. The molecule has 1 aliphatic heterocycles.